The van der Waals surface area contributed by atoms with Crippen molar-refractivity contribution in [2.75, 3.05) is 0 Å². The maximum atomic E-state index is 12.1. The molecule has 0 bridgehead atoms. The minimum atomic E-state index is -0.0820. The molecule has 0 spiro atoms. The van der Waals surface area contributed by atoms with Crippen LogP contribution in [0.4, 0.5) is 0 Å². The highest BCUT2D eigenvalue weighted by Crippen LogP contribution is 2.16. The van der Waals surface area contributed by atoms with Crippen LogP contribution in [0.5, 0.6) is 0 Å². The predicted molar refractivity (Wildman–Crippen MR) is 87.8 cm³/mol. The number of aromatic nitrogens is 2. The Balaban J connectivity index is 1.67. The van der Waals surface area contributed by atoms with Crippen LogP contribution in [0.15, 0.2) is 54.9 Å². The van der Waals surface area contributed by atoms with Crippen LogP contribution in [0.2, 0.25) is 0 Å². The summed E-state index contributed by atoms with van der Waals surface area (Å²) in [5, 5.41) is 9.49. The van der Waals surface area contributed by atoms with Crippen LogP contribution in [0, 0.1) is 0 Å². The molecule has 1 amide bonds. The largest absolute Gasteiger partial charge is 0.349 e. The summed E-state index contributed by atoms with van der Waals surface area (Å²) < 4.78 is 1.63. The minimum Gasteiger partial charge on any atom is -0.349 e. The molecule has 3 rings (SSSR count). The Morgan fingerprint density at radius 3 is 2.73 bits per heavy atom. The van der Waals surface area contributed by atoms with Gasteiger partial charge in [0.05, 0.1) is 11.8 Å². The fraction of sp³-hybridized carbons (Fsp3) is 0.222. The summed E-state index contributed by atoms with van der Waals surface area (Å²) in [6, 6.07) is 14.8. The number of hydrogen-bond donors (Lipinski definition) is 1. The zero-order valence-corrected chi connectivity index (χ0v) is 12.8. The van der Waals surface area contributed by atoms with E-state index in [4.69, 9.17) is 0 Å². The summed E-state index contributed by atoms with van der Waals surface area (Å²) in [4.78, 5) is 12.1. The highest BCUT2D eigenvalue weighted by atomic mass is 16.1. The number of aryl methyl sites for hydroxylation is 1. The van der Waals surface area contributed by atoms with Crippen molar-refractivity contribution in [3.05, 3.63) is 66.0 Å². The van der Waals surface area contributed by atoms with Crippen molar-refractivity contribution < 1.29 is 4.79 Å². The van der Waals surface area contributed by atoms with Crippen molar-refractivity contribution in [2.45, 2.75) is 19.4 Å². The minimum absolute atomic E-state index is 0.0638. The Bertz CT molecular complexity index is 807. The van der Waals surface area contributed by atoms with Crippen LogP contribution in [-0.4, -0.2) is 21.7 Å². The van der Waals surface area contributed by atoms with Crippen molar-refractivity contribution in [3.8, 4) is 0 Å². The molecule has 0 fully saturated rings. The number of benzene rings is 2. The van der Waals surface area contributed by atoms with Gasteiger partial charge >= 0.3 is 0 Å². The van der Waals surface area contributed by atoms with E-state index in [9.17, 15) is 4.79 Å². The van der Waals surface area contributed by atoms with E-state index in [1.807, 2.05) is 19.1 Å². The van der Waals surface area contributed by atoms with E-state index in [-0.39, 0.29) is 11.9 Å². The molecule has 0 aliphatic rings. The Kier molecular flexibility index (Phi) is 3.92. The molecule has 3 aromatic rings. The van der Waals surface area contributed by atoms with Crippen molar-refractivity contribution in [2.24, 2.45) is 7.05 Å². The number of fused-ring (bicyclic) bond motifs is 1. The van der Waals surface area contributed by atoms with Gasteiger partial charge in [-0.1, -0.05) is 42.5 Å². The van der Waals surface area contributed by atoms with Crippen molar-refractivity contribution in [3.63, 3.8) is 0 Å². The van der Waals surface area contributed by atoms with Crippen LogP contribution in [0.1, 0.15) is 22.8 Å². The van der Waals surface area contributed by atoms with Gasteiger partial charge in [0.15, 0.2) is 0 Å². The summed E-state index contributed by atoms with van der Waals surface area (Å²) in [6.07, 6.45) is 4.10. The first-order chi connectivity index (χ1) is 10.6. The van der Waals surface area contributed by atoms with Crippen molar-refractivity contribution >= 4 is 16.7 Å². The predicted octanol–water partition coefficient (Wildman–Crippen LogP) is 2.93. The second kappa shape index (κ2) is 6.02. The average Bonchev–Trinajstić information content (AvgIpc) is 2.94. The molecule has 0 radical (unpaired) electrons. The van der Waals surface area contributed by atoms with Crippen LogP contribution >= 0.6 is 0 Å². The zero-order valence-electron chi connectivity index (χ0n) is 12.8. The Morgan fingerprint density at radius 2 is 2.00 bits per heavy atom. The molecular formula is C18H19N3O. The van der Waals surface area contributed by atoms with Crippen LogP contribution in [-0.2, 0) is 13.5 Å². The molecule has 4 nitrogen and oxygen atoms in total. The maximum Gasteiger partial charge on any atom is 0.254 e. The summed E-state index contributed by atoms with van der Waals surface area (Å²) in [5.41, 5.74) is 1.81. The zero-order chi connectivity index (χ0) is 15.5. The lowest BCUT2D eigenvalue weighted by atomic mass is 10.0. The van der Waals surface area contributed by atoms with E-state index < -0.39 is 0 Å². The van der Waals surface area contributed by atoms with Crippen molar-refractivity contribution in [1.82, 2.24) is 15.1 Å². The Labute approximate surface area is 129 Å². The van der Waals surface area contributed by atoms with E-state index in [0.29, 0.717) is 5.56 Å². The van der Waals surface area contributed by atoms with Crippen molar-refractivity contribution in [1.29, 1.82) is 0 Å². The normalized spacial score (nSPS) is 12.3. The van der Waals surface area contributed by atoms with E-state index in [0.717, 1.165) is 6.42 Å². The standard InChI is InChI=1S/C18H19N3O/c1-13(20-18(22)17-11-19-21(2)12-17)9-14-7-8-15-5-3-4-6-16(15)10-14/h3-8,10-13H,9H2,1-2H3,(H,20,22)/t13-/m0/s1. The fourth-order valence-electron chi connectivity index (χ4n) is 2.62. The third-order valence-corrected chi connectivity index (χ3v) is 3.70. The molecule has 2 aromatic carbocycles. The highest BCUT2D eigenvalue weighted by molar-refractivity contribution is 5.93. The topological polar surface area (TPSA) is 46.9 Å². The first-order valence-corrected chi connectivity index (χ1v) is 7.39. The molecule has 0 aliphatic carbocycles. The van der Waals surface area contributed by atoms with Gasteiger partial charge < -0.3 is 5.32 Å². The van der Waals surface area contributed by atoms with Gasteiger partial charge in [-0.2, -0.15) is 5.10 Å². The lowest BCUT2D eigenvalue weighted by molar-refractivity contribution is 0.0940. The first-order valence-electron chi connectivity index (χ1n) is 7.39. The van der Waals surface area contributed by atoms with Crippen LogP contribution < -0.4 is 5.32 Å². The second-order valence-electron chi connectivity index (χ2n) is 5.66. The van der Waals surface area contributed by atoms with Gasteiger partial charge in [0.1, 0.15) is 0 Å². The third-order valence-electron chi connectivity index (χ3n) is 3.70. The van der Waals surface area contributed by atoms with Gasteiger partial charge in [0.2, 0.25) is 0 Å². The molecule has 0 aliphatic heterocycles. The Hall–Kier alpha value is -2.62. The highest BCUT2D eigenvalue weighted by Gasteiger charge is 2.12. The van der Waals surface area contributed by atoms with Gasteiger partial charge in [0.25, 0.3) is 5.91 Å². The lowest BCUT2D eigenvalue weighted by Gasteiger charge is -2.13. The molecule has 1 heterocycles. The smallest absolute Gasteiger partial charge is 0.254 e. The molecule has 4 heteroatoms. The van der Waals surface area contributed by atoms with Gasteiger partial charge in [-0.3, -0.25) is 9.48 Å². The molecule has 112 valence electrons. The number of hydrogen-bond acceptors (Lipinski definition) is 2. The second-order valence-corrected chi connectivity index (χ2v) is 5.66. The van der Waals surface area contributed by atoms with Gasteiger partial charge in [-0.25, -0.2) is 0 Å². The summed E-state index contributed by atoms with van der Waals surface area (Å²) >= 11 is 0. The van der Waals surface area contributed by atoms with Gasteiger partial charge in [-0.05, 0) is 29.7 Å². The maximum absolute atomic E-state index is 12.1. The number of nitrogens with zero attached hydrogens (tertiary/aromatic N) is 2. The van der Waals surface area contributed by atoms with E-state index in [1.165, 1.54) is 16.3 Å². The summed E-state index contributed by atoms with van der Waals surface area (Å²) in [7, 11) is 1.80. The summed E-state index contributed by atoms with van der Waals surface area (Å²) in [6.45, 7) is 2.02. The number of carbonyl (C=O) groups excluding carboxylic acids is 1. The molecular weight excluding hydrogens is 274 g/mol. The monoisotopic (exact) mass is 293 g/mol. The van der Waals surface area contributed by atoms with Crippen LogP contribution in [0.25, 0.3) is 10.8 Å². The number of rotatable bonds is 4. The molecule has 0 unspecified atom stereocenters. The molecule has 0 saturated heterocycles. The fourth-order valence-corrected chi connectivity index (χ4v) is 2.62. The third kappa shape index (κ3) is 3.17. The number of nitrogens with one attached hydrogen (secondary N) is 1. The molecule has 22 heavy (non-hydrogen) atoms. The van der Waals surface area contributed by atoms with E-state index >= 15 is 0 Å². The molecule has 0 saturated carbocycles. The molecule has 1 aromatic heterocycles. The first kappa shape index (κ1) is 14.3. The molecule has 1 N–H and O–H groups in total. The van der Waals surface area contributed by atoms with E-state index in [2.05, 4.69) is 40.7 Å². The summed E-state index contributed by atoms with van der Waals surface area (Å²) in [5.74, 6) is -0.0820. The number of carbonyl (C=O) groups is 1. The lowest BCUT2D eigenvalue weighted by Crippen LogP contribution is -2.33. The van der Waals surface area contributed by atoms with Gasteiger partial charge in [0, 0.05) is 19.3 Å². The Morgan fingerprint density at radius 1 is 1.23 bits per heavy atom. The van der Waals surface area contributed by atoms with Crippen LogP contribution in [0.3, 0.4) is 0 Å². The van der Waals surface area contributed by atoms with Gasteiger partial charge in [-0.15, -0.1) is 0 Å². The average molecular weight is 293 g/mol. The SMILES string of the molecule is C[C@@H](Cc1ccc2ccccc2c1)NC(=O)c1cnn(C)c1. The quantitative estimate of drug-likeness (QED) is 0.804. The molecule has 1 atom stereocenters. The van der Waals surface area contributed by atoms with E-state index in [1.54, 1.807) is 24.1 Å². The number of amides is 1.